The van der Waals surface area contributed by atoms with Crippen molar-refractivity contribution in [3.8, 4) is 11.4 Å². The number of carbonyl (C=O) groups excluding carboxylic acids is 1. The normalized spacial score (nSPS) is 32.9. The highest BCUT2D eigenvalue weighted by Gasteiger charge is 2.54. The summed E-state index contributed by atoms with van der Waals surface area (Å²) in [6.07, 6.45) is 6.94. The minimum atomic E-state index is -0.545. The van der Waals surface area contributed by atoms with E-state index in [1.165, 1.54) is 23.8 Å². The maximum atomic E-state index is 13.3. The Kier molecular flexibility index (Phi) is 3.27. The predicted octanol–water partition coefficient (Wildman–Crippen LogP) is 3.29. The summed E-state index contributed by atoms with van der Waals surface area (Å²) in [5.41, 5.74) is 0.589. The first-order chi connectivity index (χ1) is 12.1. The summed E-state index contributed by atoms with van der Waals surface area (Å²) >= 11 is 0. The molecule has 0 aliphatic heterocycles. The topological polar surface area (TPSA) is 65.1 Å². The molecule has 4 aliphatic rings. The Labute approximate surface area is 146 Å². The third-order valence-electron chi connectivity index (χ3n) is 6.65. The molecule has 4 bridgehead atoms. The van der Waals surface area contributed by atoms with Gasteiger partial charge in [0.05, 0.1) is 6.54 Å². The first kappa shape index (κ1) is 15.1. The SMILES string of the molecule is O=C(Cn1c(-c2ccccc2)noc1=O)C12CC3CC(CC(C3)C1)C2. The van der Waals surface area contributed by atoms with Crippen molar-refractivity contribution < 1.29 is 9.32 Å². The van der Waals surface area contributed by atoms with Crippen molar-refractivity contribution in [2.45, 2.75) is 45.1 Å². The summed E-state index contributed by atoms with van der Waals surface area (Å²) in [6.45, 7) is 0.0821. The van der Waals surface area contributed by atoms with Gasteiger partial charge in [0.2, 0.25) is 0 Å². The number of hydrogen-bond acceptors (Lipinski definition) is 4. The summed E-state index contributed by atoms with van der Waals surface area (Å²) in [5, 5.41) is 3.91. The van der Waals surface area contributed by atoms with E-state index in [0.717, 1.165) is 24.8 Å². The van der Waals surface area contributed by atoms with E-state index >= 15 is 0 Å². The van der Waals surface area contributed by atoms with Gasteiger partial charge in [-0.2, -0.15) is 0 Å². The molecule has 1 heterocycles. The molecule has 4 aliphatic carbocycles. The first-order valence-electron chi connectivity index (χ1n) is 9.28. The number of aromatic nitrogens is 2. The fraction of sp³-hybridized carbons (Fsp3) is 0.550. The van der Waals surface area contributed by atoms with Crippen LogP contribution in [0.3, 0.4) is 0 Å². The van der Waals surface area contributed by atoms with Gasteiger partial charge in [0.15, 0.2) is 11.6 Å². The average Bonchev–Trinajstić information content (AvgIpc) is 2.95. The molecule has 0 unspecified atom stereocenters. The van der Waals surface area contributed by atoms with E-state index in [-0.39, 0.29) is 17.7 Å². The van der Waals surface area contributed by atoms with Crippen molar-refractivity contribution in [1.82, 2.24) is 9.72 Å². The molecule has 25 heavy (non-hydrogen) atoms. The van der Waals surface area contributed by atoms with Crippen molar-refractivity contribution in [1.29, 1.82) is 0 Å². The molecular weight excluding hydrogens is 316 g/mol. The second-order valence-corrected chi connectivity index (χ2v) is 8.35. The number of nitrogens with zero attached hydrogens (tertiary/aromatic N) is 2. The second-order valence-electron chi connectivity index (χ2n) is 8.35. The van der Waals surface area contributed by atoms with Crippen LogP contribution in [0.25, 0.3) is 11.4 Å². The number of Topliss-reactive ketones (excluding diaryl/α,β-unsaturated/α-hetero) is 1. The van der Waals surface area contributed by atoms with E-state index in [1.807, 2.05) is 30.3 Å². The van der Waals surface area contributed by atoms with Gasteiger partial charge < -0.3 is 0 Å². The van der Waals surface area contributed by atoms with E-state index < -0.39 is 5.76 Å². The van der Waals surface area contributed by atoms with Crippen LogP contribution in [-0.4, -0.2) is 15.5 Å². The molecule has 6 rings (SSSR count). The predicted molar refractivity (Wildman–Crippen MR) is 91.8 cm³/mol. The van der Waals surface area contributed by atoms with E-state index in [9.17, 15) is 9.59 Å². The number of hydrogen-bond donors (Lipinski definition) is 0. The molecular formula is C20H22N2O3. The summed E-state index contributed by atoms with van der Waals surface area (Å²) in [6, 6.07) is 9.44. The van der Waals surface area contributed by atoms with Crippen molar-refractivity contribution >= 4 is 5.78 Å². The zero-order valence-corrected chi connectivity index (χ0v) is 14.2. The van der Waals surface area contributed by atoms with Gasteiger partial charge in [-0.05, 0) is 56.3 Å². The van der Waals surface area contributed by atoms with Crippen LogP contribution < -0.4 is 5.76 Å². The van der Waals surface area contributed by atoms with Gasteiger partial charge in [-0.25, -0.2) is 9.36 Å². The van der Waals surface area contributed by atoms with E-state index in [0.29, 0.717) is 23.6 Å². The molecule has 4 saturated carbocycles. The highest BCUT2D eigenvalue weighted by atomic mass is 16.5. The van der Waals surface area contributed by atoms with Crippen LogP contribution >= 0.6 is 0 Å². The molecule has 0 N–H and O–H groups in total. The van der Waals surface area contributed by atoms with Gasteiger partial charge in [-0.15, -0.1) is 0 Å². The molecule has 0 saturated heterocycles. The molecule has 0 radical (unpaired) electrons. The van der Waals surface area contributed by atoms with Crippen LogP contribution in [0.2, 0.25) is 0 Å². The quantitative estimate of drug-likeness (QED) is 0.858. The average molecular weight is 338 g/mol. The Morgan fingerprint density at radius 2 is 1.68 bits per heavy atom. The largest absolute Gasteiger partial charge is 0.442 e. The lowest BCUT2D eigenvalue weighted by Crippen LogP contribution is -2.51. The highest BCUT2D eigenvalue weighted by Crippen LogP contribution is 2.60. The van der Waals surface area contributed by atoms with Gasteiger partial charge in [0.1, 0.15) is 0 Å². The molecule has 0 amide bonds. The van der Waals surface area contributed by atoms with Crippen molar-refractivity contribution in [3.63, 3.8) is 0 Å². The fourth-order valence-corrected chi connectivity index (χ4v) is 5.97. The highest BCUT2D eigenvalue weighted by molar-refractivity contribution is 5.85. The number of benzene rings is 1. The van der Waals surface area contributed by atoms with E-state index in [1.54, 1.807) is 0 Å². The van der Waals surface area contributed by atoms with E-state index in [2.05, 4.69) is 5.16 Å². The third kappa shape index (κ3) is 2.40. The Hall–Kier alpha value is -2.17. The van der Waals surface area contributed by atoms with Gasteiger partial charge in [-0.1, -0.05) is 35.5 Å². The van der Waals surface area contributed by atoms with Crippen LogP contribution in [0.5, 0.6) is 0 Å². The minimum Gasteiger partial charge on any atom is -0.297 e. The maximum Gasteiger partial charge on any atom is 0.442 e. The monoisotopic (exact) mass is 338 g/mol. The molecule has 5 heteroatoms. The number of rotatable bonds is 4. The van der Waals surface area contributed by atoms with E-state index in [4.69, 9.17) is 4.52 Å². The van der Waals surface area contributed by atoms with Crippen molar-refractivity contribution in [3.05, 3.63) is 40.9 Å². The fourth-order valence-electron chi connectivity index (χ4n) is 5.97. The Balaban J connectivity index is 1.46. The molecule has 5 nitrogen and oxygen atoms in total. The van der Waals surface area contributed by atoms with Gasteiger partial charge in [0.25, 0.3) is 0 Å². The molecule has 1 aromatic heterocycles. The Morgan fingerprint density at radius 3 is 2.28 bits per heavy atom. The lowest BCUT2D eigenvalue weighted by Gasteiger charge is -2.55. The first-order valence-corrected chi connectivity index (χ1v) is 9.28. The summed E-state index contributed by atoms with van der Waals surface area (Å²) < 4.78 is 6.29. The second kappa shape index (κ2) is 5.41. The molecule has 130 valence electrons. The number of carbonyl (C=O) groups is 1. The van der Waals surface area contributed by atoms with Gasteiger partial charge in [0, 0.05) is 11.0 Å². The van der Waals surface area contributed by atoms with Gasteiger partial charge in [-0.3, -0.25) is 9.32 Å². The van der Waals surface area contributed by atoms with Crippen LogP contribution in [0, 0.1) is 23.2 Å². The Morgan fingerprint density at radius 1 is 1.08 bits per heavy atom. The van der Waals surface area contributed by atoms with Crippen LogP contribution in [-0.2, 0) is 11.3 Å². The smallest absolute Gasteiger partial charge is 0.297 e. The van der Waals surface area contributed by atoms with Crippen molar-refractivity contribution in [2.75, 3.05) is 0 Å². The molecule has 4 fully saturated rings. The lowest BCUT2D eigenvalue weighted by molar-refractivity contribution is -0.144. The van der Waals surface area contributed by atoms with Crippen LogP contribution in [0.4, 0.5) is 0 Å². The maximum absolute atomic E-state index is 13.3. The van der Waals surface area contributed by atoms with Crippen LogP contribution in [0.1, 0.15) is 38.5 Å². The summed E-state index contributed by atoms with van der Waals surface area (Å²) in [5.74, 6) is 2.24. The Bertz CT molecular complexity index is 829. The standard InChI is InChI=1S/C20H22N2O3/c23-17(20-9-13-6-14(10-20)8-15(7-13)11-20)12-22-18(21-25-19(22)24)16-4-2-1-3-5-16/h1-5,13-15H,6-12H2. The zero-order valence-electron chi connectivity index (χ0n) is 14.2. The molecule has 0 atom stereocenters. The van der Waals surface area contributed by atoms with Gasteiger partial charge >= 0.3 is 5.76 Å². The van der Waals surface area contributed by atoms with Crippen LogP contribution in [0.15, 0.2) is 39.6 Å². The molecule has 2 aromatic rings. The molecule has 0 spiro atoms. The lowest BCUT2D eigenvalue weighted by atomic mass is 9.48. The summed E-state index contributed by atoms with van der Waals surface area (Å²) in [4.78, 5) is 25.4. The van der Waals surface area contributed by atoms with Crippen molar-refractivity contribution in [2.24, 2.45) is 23.2 Å². The minimum absolute atomic E-state index is 0.0821. The summed E-state index contributed by atoms with van der Waals surface area (Å²) in [7, 11) is 0. The zero-order chi connectivity index (χ0) is 17.0. The number of ketones is 1. The third-order valence-corrected chi connectivity index (χ3v) is 6.65. The molecule has 1 aromatic carbocycles.